The van der Waals surface area contributed by atoms with E-state index in [9.17, 15) is 17.6 Å². The van der Waals surface area contributed by atoms with Crippen molar-refractivity contribution in [3.8, 4) is 0 Å². The second-order valence-corrected chi connectivity index (χ2v) is 7.51. The standard InChI is InChI=1S/C19H13FN2O4S/c20-13-4-3-5-14(11-13)27(24,25)22-21-19(23)12-8-9-18-16(10-12)15-6-1-2-7-17(15)26-18/h1-11,22H,(H,21,23). The molecule has 136 valence electrons. The molecular formula is C19H13FN2O4S. The molecule has 0 spiro atoms. The molecule has 8 heteroatoms. The van der Waals surface area contributed by atoms with Crippen molar-refractivity contribution in [3.05, 3.63) is 78.1 Å². The summed E-state index contributed by atoms with van der Waals surface area (Å²) in [4.78, 5) is 14.0. The quantitative estimate of drug-likeness (QED) is 0.528. The predicted octanol–water partition coefficient (Wildman–Crippen LogP) is 3.35. The fourth-order valence-corrected chi connectivity index (χ4v) is 3.62. The number of carbonyl (C=O) groups is 1. The molecule has 6 nitrogen and oxygen atoms in total. The lowest BCUT2D eigenvalue weighted by molar-refractivity contribution is 0.0945. The Morgan fingerprint density at radius 3 is 2.48 bits per heavy atom. The maximum atomic E-state index is 13.2. The van der Waals surface area contributed by atoms with Gasteiger partial charge in [0.15, 0.2) is 0 Å². The van der Waals surface area contributed by atoms with Crippen LogP contribution in [0.2, 0.25) is 0 Å². The molecule has 0 saturated heterocycles. The third-order valence-electron chi connectivity index (χ3n) is 4.04. The minimum absolute atomic E-state index is 0.246. The maximum absolute atomic E-state index is 13.2. The number of halogens is 1. The van der Waals surface area contributed by atoms with Crippen molar-refractivity contribution < 1.29 is 22.0 Å². The second-order valence-electron chi connectivity index (χ2n) is 5.83. The van der Waals surface area contributed by atoms with E-state index in [1.807, 2.05) is 29.1 Å². The number of hydrogen-bond donors (Lipinski definition) is 2. The first kappa shape index (κ1) is 17.2. The zero-order valence-corrected chi connectivity index (χ0v) is 14.6. The van der Waals surface area contributed by atoms with Gasteiger partial charge in [-0.25, -0.2) is 12.8 Å². The SMILES string of the molecule is O=C(NNS(=O)(=O)c1cccc(F)c1)c1ccc2oc3ccccc3c2c1. The molecule has 0 aliphatic carbocycles. The zero-order chi connectivity index (χ0) is 19.0. The first-order valence-electron chi connectivity index (χ1n) is 7.93. The number of benzene rings is 3. The molecule has 0 radical (unpaired) electrons. The van der Waals surface area contributed by atoms with Gasteiger partial charge in [0.05, 0.1) is 4.90 Å². The Hall–Kier alpha value is -3.23. The zero-order valence-electron chi connectivity index (χ0n) is 13.8. The number of fused-ring (bicyclic) bond motifs is 3. The molecule has 4 rings (SSSR count). The molecule has 1 aromatic heterocycles. The van der Waals surface area contributed by atoms with Gasteiger partial charge in [0, 0.05) is 16.3 Å². The average molecular weight is 384 g/mol. The molecule has 0 aliphatic heterocycles. The Kier molecular flexibility index (Phi) is 4.14. The van der Waals surface area contributed by atoms with Crippen molar-refractivity contribution in [3.63, 3.8) is 0 Å². The van der Waals surface area contributed by atoms with Crippen LogP contribution in [-0.4, -0.2) is 14.3 Å². The minimum atomic E-state index is -4.09. The van der Waals surface area contributed by atoms with Crippen LogP contribution in [0.3, 0.4) is 0 Å². The molecule has 0 aliphatic rings. The third-order valence-corrected chi connectivity index (χ3v) is 5.29. The summed E-state index contributed by atoms with van der Waals surface area (Å²) >= 11 is 0. The van der Waals surface area contributed by atoms with Gasteiger partial charge in [-0.3, -0.25) is 10.2 Å². The van der Waals surface area contributed by atoms with Crippen molar-refractivity contribution in [1.29, 1.82) is 0 Å². The highest BCUT2D eigenvalue weighted by Crippen LogP contribution is 2.29. The van der Waals surface area contributed by atoms with Gasteiger partial charge >= 0.3 is 0 Å². The molecule has 0 fully saturated rings. The number of hydrazine groups is 1. The second kappa shape index (κ2) is 6.49. The number of rotatable bonds is 4. The van der Waals surface area contributed by atoms with Crippen molar-refractivity contribution in [1.82, 2.24) is 10.3 Å². The number of hydrogen-bond acceptors (Lipinski definition) is 4. The van der Waals surface area contributed by atoms with Crippen LogP contribution in [-0.2, 0) is 10.0 Å². The summed E-state index contributed by atoms with van der Waals surface area (Å²) < 4.78 is 43.2. The van der Waals surface area contributed by atoms with Crippen molar-refractivity contribution in [2.24, 2.45) is 0 Å². The molecule has 3 aromatic carbocycles. The summed E-state index contributed by atoms with van der Waals surface area (Å²) in [6, 6.07) is 16.7. The fraction of sp³-hybridized carbons (Fsp3) is 0. The number of sulfonamides is 1. The minimum Gasteiger partial charge on any atom is -0.456 e. The summed E-state index contributed by atoms with van der Waals surface area (Å²) in [6.45, 7) is 0. The molecule has 0 atom stereocenters. The monoisotopic (exact) mass is 384 g/mol. The predicted molar refractivity (Wildman–Crippen MR) is 97.9 cm³/mol. The van der Waals surface area contributed by atoms with Crippen LogP contribution in [0, 0.1) is 5.82 Å². The van der Waals surface area contributed by atoms with E-state index in [2.05, 4.69) is 5.43 Å². The maximum Gasteiger partial charge on any atom is 0.266 e. The van der Waals surface area contributed by atoms with Gasteiger partial charge < -0.3 is 4.42 Å². The van der Waals surface area contributed by atoms with Crippen LogP contribution in [0.4, 0.5) is 4.39 Å². The largest absolute Gasteiger partial charge is 0.456 e. The van der Waals surface area contributed by atoms with E-state index in [0.29, 0.717) is 11.2 Å². The van der Waals surface area contributed by atoms with Crippen LogP contribution < -0.4 is 10.3 Å². The van der Waals surface area contributed by atoms with Gasteiger partial charge in [0.25, 0.3) is 15.9 Å². The van der Waals surface area contributed by atoms with E-state index in [4.69, 9.17) is 4.42 Å². The van der Waals surface area contributed by atoms with Gasteiger partial charge in [-0.1, -0.05) is 24.3 Å². The van der Waals surface area contributed by atoms with Gasteiger partial charge in [-0.2, -0.15) is 0 Å². The normalized spacial score (nSPS) is 11.7. The number of carbonyl (C=O) groups excluding carboxylic acids is 1. The topological polar surface area (TPSA) is 88.4 Å². The van der Waals surface area contributed by atoms with E-state index < -0.39 is 21.7 Å². The number of para-hydroxylation sites is 1. The van der Waals surface area contributed by atoms with Crippen LogP contribution in [0.5, 0.6) is 0 Å². The lowest BCUT2D eigenvalue weighted by Crippen LogP contribution is -2.41. The van der Waals surface area contributed by atoms with E-state index in [-0.39, 0.29) is 10.5 Å². The van der Waals surface area contributed by atoms with Gasteiger partial charge in [0.1, 0.15) is 17.0 Å². The molecule has 2 N–H and O–H groups in total. The lowest BCUT2D eigenvalue weighted by Gasteiger charge is -2.08. The summed E-state index contributed by atoms with van der Waals surface area (Å²) in [5, 5.41) is 1.59. The van der Waals surface area contributed by atoms with Crippen molar-refractivity contribution in [2.45, 2.75) is 4.90 Å². The molecule has 0 bridgehead atoms. The van der Waals surface area contributed by atoms with Crippen molar-refractivity contribution in [2.75, 3.05) is 0 Å². The van der Waals surface area contributed by atoms with Crippen LogP contribution in [0.25, 0.3) is 21.9 Å². The van der Waals surface area contributed by atoms with Gasteiger partial charge in [-0.15, -0.1) is 4.83 Å². The first-order chi connectivity index (χ1) is 12.9. The van der Waals surface area contributed by atoms with E-state index >= 15 is 0 Å². The van der Waals surface area contributed by atoms with E-state index in [1.165, 1.54) is 18.2 Å². The highest BCUT2D eigenvalue weighted by molar-refractivity contribution is 7.89. The van der Waals surface area contributed by atoms with Crippen LogP contribution in [0.1, 0.15) is 10.4 Å². The first-order valence-corrected chi connectivity index (χ1v) is 9.41. The number of furan rings is 1. The molecule has 4 aromatic rings. The summed E-state index contributed by atoms with van der Waals surface area (Å²) in [7, 11) is -4.09. The Bertz CT molecular complexity index is 1280. The Morgan fingerprint density at radius 1 is 0.889 bits per heavy atom. The highest BCUT2D eigenvalue weighted by Gasteiger charge is 2.17. The molecule has 1 amide bonds. The van der Waals surface area contributed by atoms with Gasteiger partial charge in [0.2, 0.25) is 0 Å². The lowest BCUT2D eigenvalue weighted by atomic mass is 10.1. The smallest absolute Gasteiger partial charge is 0.266 e. The number of amides is 1. The van der Waals surface area contributed by atoms with Gasteiger partial charge in [-0.05, 0) is 42.5 Å². The van der Waals surface area contributed by atoms with E-state index in [0.717, 1.165) is 22.9 Å². The molecule has 1 heterocycles. The van der Waals surface area contributed by atoms with Crippen LogP contribution in [0.15, 0.2) is 76.0 Å². The Labute approximate surface area is 153 Å². The van der Waals surface area contributed by atoms with Crippen LogP contribution >= 0.6 is 0 Å². The Morgan fingerprint density at radius 2 is 1.67 bits per heavy atom. The molecule has 0 saturated carbocycles. The summed E-state index contributed by atoms with van der Waals surface area (Å²) in [5.41, 5.74) is 3.69. The summed E-state index contributed by atoms with van der Waals surface area (Å²) in [5.74, 6) is -1.34. The average Bonchev–Trinajstić information content (AvgIpc) is 3.04. The molecular weight excluding hydrogens is 371 g/mol. The highest BCUT2D eigenvalue weighted by atomic mass is 32.2. The molecule has 27 heavy (non-hydrogen) atoms. The van der Waals surface area contributed by atoms with E-state index in [1.54, 1.807) is 12.1 Å². The fourth-order valence-electron chi connectivity index (χ4n) is 2.75. The molecule has 0 unspecified atom stereocenters. The number of nitrogens with one attached hydrogen (secondary N) is 2. The van der Waals surface area contributed by atoms with Crippen molar-refractivity contribution >= 4 is 37.9 Å². The third kappa shape index (κ3) is 3.27. The summed E-state index contributed by atoms with van der Waals surface area (Å²) in [6.07, 6.45) is 0. The Balaban J connectivity index is 1.58.